The number of hydrogen-bond acceptors (Lipinski definition) is 2. The topological polar surface area (TPSA) is 73.4 Å². The number of carboxylic acid groups (broad SMARTS) is 1. The summed E-state index contributed by atoms with van der Waals surface area (Å²) < 4.78 is 0. The van der Waals surface area contributed by atoms with E-state index in [0.29, 0.717) is 18.5 Å². The van der Waals surface area contributed by atoms with Gasteiger partial charge in [0, 0.05) is 30.2 Å². The fraction of sp³-hybridized carbons (Fsp3) is 0.158. The molecule has 0 unspecified atom stereocenters. The van der Waals surface area contributed by atoms with Crippen LogP contribution >= 0.6 is 0 Å². The summed E-state index contributed by atoms with van der Waals surface area (Å²) in [4.78, 5) is 29.2. The highest BCUT2D eigenvalue weighted by atomic mass is 16.4. The second-order valence-corrected chi connectivity index (χ2v) is 6.04. The van der Waals surface area contributed by atoms with E-state index in [9.17, 15) is 14.7 Å². The molecule has 120 valence electrons. The fourth-order valence-electron chi connectivity index (χ4n) is 3.30. The molecule has 0 saturated carbocycles. The lowest BCUT2D eigenvalue weighted by atomic mass is 9.93. The van der Waals surface area contributed by atoms with Gasteiger partial charge in [-0.05, 0) is 34.7 Å². The molecule has 5 heteroatoms. The van der Waals surface area contributed by atoms with Crippen LogP contribution in [0.2, 0.25) is 0 Å². The summed E-state index contributed by atoms with van der Waals surface area (Å²) in [5.41, 5.74) is 3.36. The molecule has 24 heavy (non-hydrogen) atoms. The van der Waals surface area contributed by atoms with Gasteiger partial charge in [0.05, 0.1) is 0 Å². The number of rotatable bonds is 2. The van der Waals surface area contributed by atoms with Crippen LogP contribution in [0.25, 0.3) is 10.9 Å². The maximum Gasteiger partial charge on any atom is 0.326 e. The maximum atomic E-state index is 12.9. The summed E-state index contributed by atoms with van der Waals surface area (Å²) in [7, 11) is 0. The van der Waals surface area contributed by atoms with Crippen molar-refractivity contribution in [3.63, 3.8) is 0 Å². The number of aromatic nitrogens is 1. The van der Waals surface area contributed by atoms with Crippen LogP contribution in [0, 0.1) is 0 Å². The predicted molar refractivity (Wildman–Crippen MR) is 89.7 cm³/mol. The van der Waals surface area contributed by atoms with Gasteiger partial charge in [-0.25, -0.2) is 4.79 Å². The molecule has 1 aliphatic heterocycles. The molecular formula is C19H16N2O3. The number of H-pyrrole nitrogens is 1. The zero-order valence-corrected chi connectivity index (χ0v) is 12.9. The quantitative estimate of drug-likeness (QED) is 0.762. The molecule has 2 N–H and O–H groups in total. The van der Waals surface area contributed by atoms with Crippen LogP contribution < -0.4 is 0 Å². The zero-order valence-electron chi connectivity index (χ0n) is 12.9. The second kappa shape index (κ2) is 5.53. The first-order valence-electron chi connectivity index (χ1n) is 7.81. The minimum absolute atomic E-state index is 0.256. The Morgan fingerprint density at radius 1 is 1.08 bits per heavy atom. The number of benzene rings is 2. The average molecular weight is 320 g/mol. The minimum Gasteiger partial charge on any atom is -0.480 e. The molecular weight excluding hydrogens is 304 g/mol. The third-order valence-corrected chi connectivity index (χ3v) is 4.60. The number of carbonyl (C=O) groups is 2. The summed E-state index contributed by atoms with van der Waals surface area (Å²) in [6, 6.07) is 14.2. The van der Waals surface area contributed by atoms with E-state index in [1.54, 1.807) is 12.1 Å². The SMILES string of the molecule is O=C(O)[C@H]1Cc2ccccc2CN1C(=O)c1ccc2cc[nH]c2c1. The van der Waals surface area contributed by atoms with Crippen molar-refractivity contribution in [1.29, 1.82) is 0 Å². The number of fused-ring (bicyclic) bond motifs is 2. The lowest BCUT2D eigenvalue weighted by Crippen LogP contribution is -2.48. The third kappa shape index (κ3) is 2.34. The van der Waals surface area contributed by atoms with E-state index in [0.717, 1.165) is 22.0 Å². The Bertz CT molecular complexity index is 944. The van der Waals surface area contributed by atoms with Crippen LogP contribution in [-0.4, -0.2) is 32.9 Å². The molecule has 0 radical (unpaired) electrons. The molecule has 3 aromatic rings. The summed E-state index contributed by atoms with van der Waals surface area (Å²) in [6.07, 6.45) is 2.15. The predicted octanol–water partition coefficient (Wildman–Crippen LogP) is 2.82. The molecule has 1 atom stereocenters. The number of amides is 1. The van der Waals surface area contributed by atoms with E-state index in [4.69, 9.17) is 0 Å². The lowest BCUT2D eigenvalue weighted by molar-refractivity contribution is -0.142. The van der Waals surface area contributed by atoms with Crippen molar-refractivity contribution >= 4 is 22.8 Å². The molecule has 1 aromatic heterocycles. The van der Waals surface area contributed by atoms with Gasteiger partial charge in [0.1, 0.15) is 6.04 Å². The maximum absolute atomic E-state index is 12.9. The van der Waals surface area contributed by atoms with Crippen molar-refractivity contribution in [2.75, 3.05) is 0 Å². The highest BCUT2D eigenvalue weighted by molar-refractivity contribution is 5.99. The first-order valence-corrected chi connectivity index (χ1v) is 7.81. The monoisotopic (exact) mass is 320 g/mol. The molecule has 0 bridgehead atoms. The summed E-state index contributed by atoms with van der Waals surface area (Å²) in [5, 5.41) is 10.6. The van der Waals surface area contributed by atoms with Gasteiger partial charge < -0.3 is 15.0 Å². The molecule has 0 fully saturated rings. The zero-order chi connectivity index (χ0) is 16.7. The van der Waals surface area contributed by atoms with Gasteiger partial charge in [-0.2, -0.15) is 0 Å². The molecule has 4 rings (SSSR count). The second-order valence-electron chi connectivity index (χ2n) is 6.04. The van der Waals surface area contributed by atoms with Crippen LogP contribution in [0.3, 0.4) is 0 Å². The van der Waals surface area contributed by atoms with E-state index in [2.05, 4.69) is 4.98 Å². The number of aliphatic carboxylic acids is 1. The molecule has 0 aliphatic carbocycles. The number of nitrogens with zero attached hydrogens (tertiary/aromatic N) is 1. The van der Waals surface area contributed by atoms with Crippen molar-refractivity contribution in [2.45, 2.75) is 19.0 Å². The molecule has 1 amide bonds. The number of aromatic amines is 1. The molecule has 0 saturated heterocycles. The van der Waals surface area contributed by atoms with Crippen molar-refractivity contribution < 1.29 is 14.7 Å². The Kier molecular flexibility index (Phi) is 3.34. The number of carboxylic acids is 1. The van der Waals surface area contributed by atoms with Gasteiger partial charge in [0.25, 0.3) is 5.91 Å². The van der Waals surface area contributed by atoms with Gasteiger partial charge in [-0.15, -0.1) is 0 Å². The highest BCUT2D eigenvalue weighted by Gasteiger charge is 2.34. The van der Waals surface area contributed by atoms with Crippen LogP contribution in [0.1, 0.15) is 21.5 Å². The highest BCUT2D eigenvalue weighted by Crippen LogP contribution is 2.26. The Labute approximate surface area is 138 Å². The first kappa shape index (κ1) is 14.5. The van der Waals surface area contributed by atoms with Crippen molar-refractivity contribution in [3.05, 3.63) is 71.4 Å². The van der Waals surface area contributed by atoms with E-state index in [1.807, 2.05) is 42.6 Å². The third-order valence-electron chi connectivity index (χ3n) is 4.60. The van der Waals surface area contributed by atoms with Crippen molar-refractivity contribution in [1.82, 2.24) is 9.88 Å². The largest absolute Gasteiger partial charge is 0.480 e. The number of nitrogens with one attached hydrogen (secondary N) is 1. The van der Waals surface area contributed by atoms with E-state index in [-0.39, 0.29) is 5.91 Å². The van der Waals surface area contributed by atoms with Gasteiger partial charge in [-0.1, -0.05) is 30.3 Å². The van der Waals surface area contributed by atoms with Crippen LogP contribution in [-0.2, 0) is 17.8 Å². The molecule has 0 spiro atoms. The summed E-state index contributed by atoms with van der Waals surface area (Å²) in [6.45, 7) is 0.314. The Morgan fingerprint density at radius 2 is 1.88 bits per heavy atom. The standard InChI is InChI=1S/C19H16N2O3/c22-18(14-6-5-12-7-8-20-16(12)9-14)21-11-15-4-2-1-3-13(15)10-17(21)19(23)24/h1-9,17,20H,10-11H2,(H,23,24)/t17-/m1/s1. The Morgan fingerprint density at radius 3 is 2.67 bits per heavy atom. The van der Waals surface area contributed by atoms with Gasteiger partial charge >= 0.3 is 5.97 Å². The van der Waals surface area contributed by atoms with E-state index >= 15 is 0 Å². The van der Waals surface area contributed by atoms with Crippen LogP contribution in [0.4, 0.5) is 0 Å². The first-order chi connectivity index (χ1) is 11.6. The van der Waals surface area contributed by atoms with E-state index < -0.39 is 12.0 Å². The molecule has 5 nitrogen and oxygen atoms in total. The normalized spacial score (nSPS) is 16.8. The minimum atomic E-state index is -0.973. The Balaban J connectivity index is 1.72. The number of carbonyl (C=O) groups excluding carboxylic acids is 1. The summed E-state index contributed by atoms with van der Waals surface area (Å²) >= 11 is 0. The molecule has 1 aliphatic rings. The average Bonchev–Trinajstić information content (AvgIpc) is 3.07. The number of hydrogen-bond donors (Lipinski definition) is 2. The van der Waals surface area contributed by atoms with E-state index in [1.165, 1.54) is 4.90 Å². The molecule has 2 heterocycles. The van der Waals surface area contributed by atoms with Crippen LogP contribution in [0.5, 0.6) is 0 Å². The Hall–Kier alpha value is -3.08. The lowest BCUT2D eigenvalue weighted by Gasteiger charge is -2.34. The van der Waals surface area contributed by atoms with Gasteiger partial charge in [-0.3, -0.25) is 4.79 Å². The van der Waals surface area contributed by atoms with Gasteiger partial charge in [0.2, 0.25) is 0 Å². The fourth-order valence-corrected chi connectivity index (χ4v) is 3.30. The van der Waals surface area contributed by atoms with Crippen LogP contribution in [0.15, 0.2) is 54.7 Å². The van der Waals surface area contributed by atoms with Crippen molar-refractivity contribution in [2.24, 2.45) is 0 Å². The molecule has 2 aromatic carbocycles. The van der Waals surface area contributed by atoms with Crippen molar-refractivity contribution in [3.8, 4) is 0 Å². The van der Waals surface area contributed by atoms with Gasteiger partial charge in [0.15, 0.2) is 0 Å². The summed E-state index contributed by atoms with van der Waals surface area (Å²) in [5.74, 6) is -1.23. The smallest absolute Gasteiger partial charge is 0.326 e.